The van der Waals surface area contributed by atoms with Gasteiger partial charge in [0.1, 0.15) is 28.0 Å². The smallest absolute Gasteiger partial charge is 0.244 e. The van der Waals surface area contributed by atoms with Gasteiger partial charge in [-0.1, -0.05) is 17.7 Å². The summed E-state index contributed by atoms with van der Waals surface area (Å²) in [6, 6.07) is 9.43. The fraction of sp³-hybridized carbons (Fsp3) is 0.333. The minimum Gasteiger partial charge on any atom is -0.506 e. The summed E-state index contributed by atoms with van der Waals surface area (Å²) in [4.78, 5) is 3.62. The first kappa shape index (κ1) is 22.1. The van der Waals surface area contributed by atoms with Crippen LogP contribution in [-0.2, 0) is 10.0 Å². The fourth-order valence-corrected chi connectivity index (χ4v) is 4.65. The second kappa shape index (κ2) is 8.86. The molecule has 1 unspecified atom stereocenters. The van der Waals surface area contributed by atoms with Gasteiger partial charge in [-0.25, -0.2) is 13.4 Å². The molecule has 150 valence electrons. The number of hydrogen-bond donors (Lipinski definition) is 3. The van der Waals surface area contributed by atoms with Crippen LogP contribution in [-0.4, -0.2) is 58.3 Å². The lowest BCUT2D eigenvalue weighted by molar-refractivity contribution is -0.000734. The Morgan fingerprint density at radius 1 is 1.36 bits per heavy atom. The van der Waals surface area contributed by atoms with Gasteiger partial charge >= 0.3 is 0 Å². The standard InChI is InChI=1S/C12H16ClNO4S.C6H4N2O/c1-9-2-3-11(10(13)6-9)19(17,18)14-5-4-12(16,7-14)8-15;7-3-5-1-2-6(9)4-8-5/h2-3,6,15-16H,4-5,7-8H2,1H3;1-2,4,9H. The molecular weight excluding hydrogens is 406 g/mol. The molecule has 0 spiro atoms. The van der Waals surface area contributed by atoms with E-state index < -0.39 is 22.2 Å². The van der Waals surface area contributed by atoms with Crippen LogP contribution in [0.25, 0.3) is 0 Å². The zero-order chi connectivity index (χ0) is 20.9. The van der Waals surface area contributed by atoms with Crippen LogP contribution in [0.2, 0.25) is 5.02 Å². The minimum atomic E-state index is -3.74. The Bertz CT molecular complexity index is 976. The van der Waals surface area contributed by atoms with E-state index in [9.17, 15) is 13.5 Å². The van der Waals surface area contributed by atoms with Crippen molar-refractivity contribution < 1.29 is 23.7 Å². The van der Waals surface area contributed by atoms with E-state index >= 15 is 0 Å². The number of aryl methyl sites for hydroxylation is 1. The number of β-amino-alcohol motifs (C(OH)–C–C–N with tert-alkyl or cyclic N) is 1. The van der Waals surface area contributed by atoms with E-state index in [1.54, 1.807) is 12.1 Å². The van der Waals surface area contributed by atoms with Crippen molar-refractivity contribution in [1.82, 2.24) is 9.29 Å². The predicted molar refractivity (Wildman–Crippen MR) is 102 cm³/mol. The lowest BCUT2D eigenvalue weighted by Crippen LogP contribution is -2.38. The number of hydrogen-bond acceptors (Lipinski definition) is 7. The maximum Gasteiger partial charge on any atom is 0.244 e. The summed E-state index contributed by atoms with van der Waals surface area (Å²) >= 11 is 5.98. The quantitative estimate of drug-likeness (QED) is 0.676. The lowest BCUT2D eigenvalue weighted by atomic mass is 10.1. The lowest BCUT2D eigenvalue weighted by Gasteiger charge is -2.21. The highest BCUT2D eigenvalue weighted by Gasteiger charge is 2.41. The van der Waals surface area contributed by atoms with E-state index in [-0.39, 0.29) is 35.2 Å². The van der Waals surface area contributed by atoms with Gasteiger partial charge in [-0.05, 0) is 43.2 Å². The van der Waals surface area contributed by atoms with Crippen molar-refractivity contribution in [3.8, 4) is 11.8 Å². The third-order valence-electron chi connectivity index (χ3n) is 4.16. The summed E-state index contributed by atoms with van der Waals surface area (Å²) in [5.41, 5.74) is -0.172. The fourth-order valence-electron chi connectivity index (χ4n) is 2.56. The number of nitrogens with zero attached hydrogens (tertiary/aromatic N) is 3. The van der Waals surface area contributed by atoms with Gasteiger partial charge in [0.15, 0.2) is 0 Å². The number of rotatable bonds is 3. The first-order valence-corrected chi connectivity index (χ1v) is 10.1. The van der Waals surface area contributed by atoms with E-state index in [0.29, 0.717) is 5.69 Å². The van der Waals surface area contributed by atoms with Crippen LogP contribution >= 0.6 is 11.6 Å². The highest BCUT2D eigenvalue weighted by atomic mass is 35.5. The SMILES string of the molecule is Cc1ccc(S(=O)(=O)N2CCC(O)(CO)C2)c(Cl)c1.N#Cc1ccc(O)cn1. The third kappa shape index (κ3) is 5.19. The topological polar surface area (TPSA) is 135 Å². The van der Waals surface area contributed by atoms with Crippen molar-refractivity contribution in [1.29, 1.82) is 5.26 Å². The molecule has 2 heterocycles. The Morgan fingerprint density at radius 3 is 2.57 bits per heavy atom. The summed E-state index contributed by atoms with van der Waals surface area (Å²) in [5, 5.41) is 36.1. The Kier molecular flexibility index (Phi) is 6.98. The van der Waals surface area contributed by atoms with Gasteiger partial charge in [0.05, 0.1) is 17.8 Å². The van der Waals surface area contributed by atoms with Gasteiger partial charge < -0.3 is 15.3 Å². The number of aliphatic hydroxyl groups is 2. The van der Waals surface area contributed by atoms with Crippen LogP contribution < -0.4 is 0 Å². The molecule has 0 aliphatic carbocycles. The van der Waals surface area contributed by atoms with Gasteiger partial charge in [0.2, 0.25) is 10.0 Å². The van der Waals surface area contributed by atoms with E-state index in [1.165, 1.54) is 24.4 Å². The number of pyridine rings is 1. The Labute approximate surface area is 168 Å². The van der Waals surface area contributed by atoms with Crippen LogP contribution in [0.5, 0.6) is 5.75 Å². The summed E-state index contributed by atoms with van der Waals surface area (Å²) in [7, 11) is -3.74. The minimum absolute atomic E-state index is 0.0296. The molecule has 8 nitrogen and oxygen atoms in total. The molecule has 10 heteroatoms. The summed E-state index contributed by atoms with van der Waals surface area (Å²) < 4.78 is 26.0. The monoisotopic (exact) mass is 425 g/mol. The molecule has 1 aromatic carbocycles. The van der Waals surface area contributed by atoms with Crippen LogP contribution in [0.1, 0.15) is 17.7 Å². The van der Waals surface area contributed by atoms with Gasteiger partial charge in [0, 0.05) is 13.1 Å². The average molecular weight is 426 g/mol. The van der Waals surface area contributed by atoms with Crippen molar-refractivity contribution in [3.63, 3.8) is 0 Å². The highest BCUT2D eigenvalue weighted by molar-refractivity contribution is 7.89. The van der Waals surface area contributed by atoms with E-state index in [4.69, 9.17) is 27.1 Å². The maximum atomic E-state index is 12.4. The number of aliphatic hydroxyl groups excluding tert-OH is 1. The van der Waals surface area contributed by atoms with Gasteiger partial charge in [-0.15, -0.1) is 0 Å². The van der Waals surface area contributed by atoms with E-state index in [1.807, 2.05) is 13.0 Å². The predicted octanol–water partition coefficient (Wildman–Crippen LogP) is 1.43. The molecule has 28 heavy (non-hydrogen) atoms. The number of sulfonamides is 1. The largest absolute Gasteiger partial charge is 0.506 e. The molecule has 0 bridgehead atoms. The molecule has 0 amide bonds. The Morgan fingerprint density at radius 2 is 2.07 bits per heavy atom. The Hall–Kier alpha value is -2.22. The van der Waals surface area contributed by atoms with Crippen molar-refractivity contribution in [2.45, 2.75) is 23.8 Å². The first-order chi connectivity index (χ1) is 13.1. The van der Waals surface area contributed by atoms with Crippen molar-refractivity contribution in [2.24, 2.45) is 0 Å². The maximum absolute atomic E-state index is 12.4. The van der Waals surface area contributed by atoms with Crippen LogP contribution in [0.3, 0.4) is 0 Å². The second-order valence-electron chi connectivity index (χ2n) is 6.42. The van der Waals surface area contributed by atoms with Crippen molar-refractivity contribution >= 4 is 21.6 Å². The number of benzene rings is 1. The molecule has 0 saturated carbocycles. The number of aromatic hydroxyl groups is 1. The van der Waals surface area contributed by atoms with E-state index in [2.05, 4.69) is 4.98 Å². The molecule has 1 saturated heterocycles. The molecule has 1 aliphatic heterocycles. The molecule has 1 aliphatic rings. The number of aromatic nitrogens is 1. The van der Waals surface area contributed by atoms with Crippen molar-refractivity contribution in [3.05, 3.63) is 52.8 Å². The normalized spacial score (nSPS) is 19.5. The molecule has 0 radical (unpaired) electrons. The molecule has 1 fully saturated rings. The van der Waals surface area contributed by atoms with E-state index in [0.717, 1.165) is 9.87 Å². The second-order valence-corrected chi connectivity index (χ2v) is 8.73. The Balaban J connectivity index is 0.000000261. The van der Waals surface area contributed by atoms with Crippen LogP contribution in [0, 0.1) is 18.3 Å². The van der Waals surface area contributed by atoms with Crippen LogP contribution in [0.4, 0.5) is 0 Å². The zero-order valence-electron chi connectivity index (χ0n) is 15.1. The van der Waals surface area contributed by atoms with Gasteiger partial charge in [-0.3, -0.25) is 0 Å². The summed E-state index contributed by atoms with van der Waals surface area (Å²) in [6.07, 6.45) is 1.45. The molecule has 3 rings (SSSR count). The third-order valence-corrected chi connectivity index (χ3v) is 6.49. The molecular formula is C18H20ClN3O5S. The molecule has 3 N–H and O–H groups in total. The van der Waals surface area contributed by atoms with Crippen molar-refractivity contribution in [2.75, 3.05) is 19.7 Å². The first-order valence-electron chi connectivity index (χ1n) is 8.26. The zero-order valence-corrected chi connectivity index (χ0v) is 16.7. The molecule has 1 aromatic heterocycles. The number of nitriles is 1. The molecule has 1 atom stereocenters. The number of halogens is 1. The molecule has 2 aromatic rings. The summed E-state index contributed by atoms with van der Waals surface area (Å²) in [5.74, 6) is 0.0778. The van der Waals surface area contributed by atoms with Crippen LogP contribution in [0.15, 0.2) is 41.4 Å². The summed E-state index contributed by atoms with van der Waals surface area (Å²) in [6.45, 7) is 1.42. The van der Waals surface area contributed by atoms with Gasteiger partial charge in [-0.2, -0.15) is 9.57 Å². The highest BCUT2D eigenvalue weighted by Crippen LogP contribution is 2.30. The average Bonchev–Trinajstić information content (AvgIpc) is 3.06. The van der Waals surface area contributed by atoms with Gasteiger partial charge in [0.25, 0.3) is 0 Å².